The summed E-state index contributed by atoms with van der Waals surface area (Å²) in [6, 6.07) is 5.55. The van der Waals surface area contributed by atoms with E-state index in [9.17, 15) is 18.3 Å². The summed E-state index contributed by atoms with van der Waals surface area (Å²) in [5.41, 5.74) is 0.907. The minimum Gasteiger partial charge on any atom is -0.481 e. The van der Waals surface area contributed by atoms with E-state index < -0.39 is 21.9 Å². The quantitative estimate of drug-likeness (QED) is 0.277. The average molecular weight is 553 g/mol. The monoisotopic (exact) mass is 552 g/mol. The molecule has 0 aromatic heterocycles. The molecule has 2 aliphatic rings. The summed E-state index contributed by atoms with van der Waals surface area (Å²) < 4.78 is 39.0. The fourth-order valence-corrected chi connectivity index (χ4v) is 7.84. The number of carbonyl (C=O) groups is 1. The maximum Gasteiger partial charge on any atom is 0.308 e. The predicted molar refractivity (Wildman–Crippen MR) is 150 cm³/mol. The highest BCUT2D eigenvalue weighted by Crippen LogP contribution is 2.45. The molecule has 216 valence electrons. The normalized spacial score (nSPS) is 21.9. The molecule has 0 amide bonds. The summed E-state index contributed by atoms with van der Waals surface area (Å²) >= 11 is 0. The summed E-state index contributed by atoms with van der Waals surface area (Å²) in [5, 5.41) is 10.5. The SMILES string of the molecule is CCCCCS(=O)(=O)N(CCC)CCN1C[C@H](c2ccc3c(c2)OCO3)[C@@H](C(=O)O)[C@@H]1CC(C)(C)CCC. The molecular formula is C29H48N2O6S. The van der Waals surface area contributed by atoms with Crippen molar-refractivity contribution in [3.8, 4) is 11.5 Å². The molecule has 0 spiro atoms. The number of rotatable bonds is 16. The third-order valence-corrected chi connectivity index (χ3v) is 10.0. The van der Waals surface area contributed by atoms with E-state index in [1.54, 1.807) is 4.31 Å². The van der Waals surface area contributed by atoms with Gasteiger partial charge in [-0.3, -0.25) is 9.69 Å². The van der Waals surface area contributed by atoms with Crippen molar-refractivity contribution >= 4 is 16.0 Å². The van der Waals surface area contributed by atoms with Crippen LogP contribution in [0.15, 0.2) is 18.2 Å². The number of sulfonamides is 1. The topological polar surface area (TPSA) is 96.4 Å². The molecule has 2 heterocycles. The first-order valence-electron chi connectivity index (χ1n) is 14.4. The molecule has 0 aliphatic carbocycles. The second-order valence-corrected chi connectivity index (χ2v) is 13.8. The van der Waals surface area contributed by atoms with Crippen molar-refractivity contribution in [2.24, 2.45) is 11.3 Å². The molecule has 1 aromatic rings. The van der Waals surface area contributed by atoms with Gasteiger partial charge in [0.2, 0.25) is 16.8 Å². The van der Waals surface area contributed by atoms with Crippen molar-refractivity contribution in [2.45, 2.75) is 91.5 Å². The van der Waals surface area contributed by atoms with Crippen molar-refractivity contribution in [2.75, 3.05) is 38.7 Å². The number of fused-ring (bicyclic) bond motifs is 1. The van der Waals surface area contributed by atoms with E-state index in [0.29, 0.717) is 44.1 Å². The standard InChI is InChI=1S/C29H48N2O6S/c1-6-9-10-17-38(34,35)31(14-8-3)16-15-30-20-23(22-11-12-25-26(18-22)37-21-36-25)27(28(32)33)24(30)19-29(4,5)13-7-2/h11-12,18,23-24,27H,6-10,13-17,19-21H2,1-5H3,(H,32,33)/t23-,24+,27-/m1/s1. The lowest BCUT2D eigenvalue weighted by atomic mass is 9.76. The number of hydrogen-bond donors (Lipinski definition) is 1. The van der Waals surface area contributed by atoms with Gasteiger partial charge in [-0.1, -0.05) is 59.9 Å². The van der Waals surface area contributed by atoms with E-state index in [1.807, 2.05) is 25.1 Å². The van der Waals surface area contributed by atoms with Crippen LogP contribution in [0.25, 0.3) is 0 Å². The number of unbranched alkanes of at least 4 members (excludes halogenated alkanes) is 2. The number of aliphatic carboxylic acids is 1. The summed E-state index contributed by atoms with van der Waals surface area (Å²) in [4.78, 5) is 15.0. The van der Waals surface area contributed by atoms with Crippen LogP contribution < -0.4 is 9.47 Å². The lowest BCUT2D eigenvalue weighted by Gasteiger charge is -2.35. The number of benzene rings is 1. The molecule has 38 heavy (non-hydrogen) atoms. The number of hydrogen-bond acceptors (Lipinski definition) is 6. The number of carboxylic acid groups (broad SMARTS) is 1. The number of likely N-dealkylation sites (tertiary alicyclic amines) is 1. The van der Waals surface area contributed by atoms with E-state index in [2.05, 4.69) is 32.6 Å². The van der Waals surface area contributed by atoms with E-state index >= 15 is 0 Å². The molecule has 3 rings (SSSR count). The van der Waals surface area contributed by atoms with Crippen molar-refractivity contribution < 1.29 is 27.8 Å². The fourth-order valence-electron chi connectivity index (χ4n) is 6.19. The second-order valence-electron chi connectivity index (χ2n) is 11.7. The van der Waals surface area contributed by atoms with Gasteiger partial charge in [-0.15, -0.1) is 0 Å². The molecule has 1 fully saturated rings. The highest BCUT2D eigenvalue weighted by Gasteiger charge is 2.48. The molecule has 1 aromatic carbocycles. The lowest BCUT2D eigenvalue weighted by molar-refractivity contribution is -0.143. The van der Waals surface area contributed by atoms with Gasteiger partial charge in [0, 0.05) is 38.1 Å². The zero-order valence-corrected chi connectivity index (χ0v) is 24.8. The van der Waals surface area contributed by atoms with Crippen LogP contribution >= 0.6 is 0 Å². The summed E-state index contributed by atoms with van der Waals surface area (Å²) in [6.45, 7) is 12.8. The molecule has 1 saturated heterocycles. The van der Waals surface area contributed by atoms with Crippen LogP contribution in [0.3, 0.4) is 0 Å². The number of ether oxygens (including phenoxy) is 2. The predicted octanol–water partition coefficient (Wildman–Crippen LogP) is 5.33. The molecular weight excluding hydrogens is 504 g/mol. The van der Waals surface area contributed by atoms with Gasteiger partial charge < -0.3 is 14.6 Å². The number of nitrogens with zero attached hydrogens (tertiary/aromatic N) is 2. The minimum absolute atomic E-state index is 0.0233. The first-order valence-corrected chi connectivity index (χ1v) is 16.0. The molecule has 0 radical (unpaired) electrons. The van der Waals surface area contributed by atoms with Gasteiger partial charge >= 0.3 is 5.97 Å². The Labute approximate surface area is 229 Å². The van der Waals surface area contributed by atoms with Crippen LogP contribution in [0.5, 0.6) is 11.5 Å². The fraction of sp³-hybridized carbons (Fsp3) is 0.759. The third kappa shape index (κ3) is 7.63. The Morgan fingerprint density at radius 1 is 1.08 bits per heavy atom. The Bertz CT molecular complexity index is 1030. The molecule has 1 N–H and O–H groups in total. The van der Waals surface area contributed by atoms with Crippen molar-refractivity contribution in [1.82, 2.24) is 9.21 Å². The Morgan fingerprint density at radius 2 is 1.82 bits per heavy atom. The first-order chi connectivity index (χ1) is 18.0. The van der Waals surface area contributed by atoms with E-state index in [-0.39, 0.29) is 29.9 Å². The Morgan fingerprint density at radius 3 is 2.47 bits per heavy atom. The van der Waals surface area contributed by atoms with E-state index in [0.717, 1.165) is 44.1 Å². The lowest BCUT2D eigenvalue weighted by Crippen LogP contribution is -2.44. The molecule has 8 nitrogen and oxygen atoms in total. The van der Waals surface area contributed by atoms with Crippen molar-refractivity contribution in [3.63, 3.8) is 0 Å². The van der Waals surface area contributed by atoms with Crippen LogP contribution in [0, 0.1) is 11.3 Å². The largest absolute Gasteiger partial charge is 0.481 e. The van der Waals surface area contributed by atoms with Crippen LogP contribution in [0.1, 0.15) is 91.0 Å². The highest BCUT2D eigenvalue weighted by atomic mass is 32.2. The van der Waals surface area contributed by atoms with Gasteiger partial charge in [-0.25, -0.2) is 12.7 Å². The zero-order chi connectivity index (χ0) is 27.9. The minimum atomic E-state index is -3.35. The van der Waals surface area contributed by atoms with Crippen LogP contribution in [-0.2, 0) is 14.8 Å². The van der Waals surface area contributed by atoms with Gasteiger partial charge in [0.05, 0.1) is 11.7 Å². The Hall–Kier alpha value is -1.84. The van der Waals surface area contributed by atoms with Crippen molar-refractivity contribution in [1.29, 1.82) is 0 Å². The first kappa shape index (κ1) is 30.7. The maximum atomic E-state index is 13.2. The molecule has 0 saturated carbocycles. The third-order valence-electron chi connectivity index (χ3n) is 8.06. The van der Waals surface area contributed by atoms with Gasteiger partial charge in [0.15, 0.2) is 11.5 Å². The Kier molecular flexibility index (Phi) is 10.9. The van der Waals surface area contributed by atoms with Gasteiger partial charge in [0.1, 0.15) is 0 Å². The van der Waals surface area contributed by atoms with E-state index in [1.165, 1.54) is 0 Å². The van der Waals surface area contributed by atoms with Crippen LogP contribution in [0.2, 0.25) is 0 Å². The molecule has 0 unspecified atom stereocenters. The Balaban J connectivity index is 1.88. The van der Waals surface area contributed by atoms with Gasteiger partial charge in [-0.2, -0.15) is 0 Å². The van der Waals surface area contributed by atoms with E-state index in [4.69, 9.17) is 9.47 Å². The summed E-state index contributed by atoms with van der Waals surface area (Å²) in [5.74, 6) is -0.104. The summed E-state index contributed by atoms with van der Waals surface area (Å²) in [6.07, 6.45) is 6.08. The van der Waals surface area contributed by atoms with Crippen molar-refractivity contribution in [3.05, 3.63) is 23.8 Å². The smallest absolute Gasteiger partial charge is 0.308 e. The van der Waals surface area contributed by atoms with Gasteiger partial charge in [0.25, 0.3) is 0 Å². The highest BCUT2D eigenvalue weighted by molar-refractivity contribution is 7.89. The van der Waals surface area contributed by atoms with Crippen LogP contribution in [-0.4, -0.2) is 73.5 Å². The second kappa shape index (κ2) is 13.5. The maximum absolute atomic E-state index is 13.2. The molecule has 2 aliphatic heterocycles. The zero-order valence-electron chi connectivity index (χ0n) is 23.9. The molecule has 9 heteroatoms. The molecule has 3 atom stereocenters. The number of carboxylic acids is 1. The van der Waals surface area contributed by atoms with Gasteiger partial charge in [-0.05, 0) is 48.8 Å². The summed E-state index contributed by atoms with van der Waals surface area (Å²) in [7, 11) is -3.35. The average Bonchev–Trinajstić information content (AvgIpc) is 3.45. The van der Waals surface area contributed by atoms with Crippen LogP contribution in [0.4, 0.5) is 0 Å². The molecule has 0 bridgehead atoms.